The second kappa shape index (κ2) is 12.7. The fourth-order valence-electron chi connectivity index (χ4n) is 5.30. The molecule has 1 aliphatic carbocycles. The predicted octanol–water partition coefficient (Wildman–Crippen LogP) is 5.54. The van der Waals surface area contributed by atoms with Gasteiger partial charge in [0.05, 0.1) is 31.6 Å². The van der Waals surface area contributed by atoms with E-state index in [-0.39, 0.29) is 6.04 Å². The molecule has 1 unspecified atom stereocenters. The van der Waals surface area contributed by atoms with Crippen molar-refractivity contribution in [3.8, 4) is 11.5 Å². The molecule has 0 saturated heterocycles. The molecule has 2 N–H and O–H groups in total. The standard InChI is InChI=1S/C32H36N4O2/c1-37-30-13-6-9-25(32(30)38-2)19-27-18-23(20-33-22-28-11-3-4-16-34-28)14-15-26(27)21-36-29-12-5-8-24-10-7-17-35-31(24)29/h3-4,6-7,9-11,13-18,29,33,36H,5,8,12,19-22H2,1-2H3. The summed E-state index contributed by atoms with van der Waals surface area (Å²) in [6, 6.07) is 23.4. The van der Waals surface area contributed by atoms with E-state index < -0.39 is 0 Å². The van der Waals surface area contributed by atoms with Crippen molar-refractivity contribution < 1.29 is 9.47 Å². The van der Waals surface area contributed by atoms with Gasteiger partial charge in [-0.25, -0.2) is 0 Å². The first-order valence-electron chi connectivity index (χ1n) is 13.3. The molecule has 5 rings (SSSR count). The second-order valence-electron chi connectivity index (χ2n) is 9.73. The van der Waals surface area contributed by atoms with E-state index in [1.54, 1.807) is 14.2 Å². The Bertz CT molecular complexity index is 1340. The first-order chi connectivity index (χ1) is 18.7. The number of hydrogen-bond donors (Lipinski definition) is 2. The van der Waals surface area contributed by atoms with Crippen molar-refractivity contribution in [3.05, 3.63) is 118 Å². The number of ether oxygens (including phenoxy) is 2. The number of nitrogens with zero attached hydrogens (tertiary/aromatic N) is 2. The molecule has 196 valence electrons. The topological polar surface area (TPSA) is 68.3 Å². The van der Waals surface area contributed by atoms with Gasteiger partial charge in [-0.3, -0.25) is 9.97 Å². The monoisotopic (exact) mass is 508 g/mol. The van der Waals surface area contributed by atoms with E-state index in [0.717, 1.165) is 61.7 Å². The van der Waals surface area contributed by atoms with Crippen LogP contribution in [0.15, 0.2) is 79.1 Å². The van der Waals surface area contributed by atoms with Crippen molar-refractivity contribution in [1.82, 2.24) is 20.6 Å². The van der Waals surface area contributed by atoms with Crippen LogP contribution in [-0.2, 0) is 32.5 Å². The molecule has 38 heavy (non-hydrogen) atoms. The summed E-state index contributed by atoms with van der Waals surface area (Å²) in [6.07, 6.45) is 7.90. The van der Waals surface area contributed by atoms with Gasteiger partial charge in [0, 0.05) is 44.0 Å². The van der Waals surface area contributed by atoms with Crippen molar-refractivity contribution in [2.24, 2.45) is 0 Å². The lowest BCUT2D eigenvalue weighted by Crippen LogP contribution is -2.26. The van der Waals surface area contributed by atoms with Crippen LogP contribution < -0.4 is 20.1 Å². The quantitative estimate of drug-likeness (QED) is 0.277. The number of pyridine rings is 2. The summed E-state index contributed by atoms with van der Waals surface area (Å²) in [5.41, 5.74) is 8.51. The summed E-state index contributed by atoms with van der Waals surface area (Å²) in [4.78, 5) is 9.13. The first-order valence-corrected chi connectivity index (χ1v) is 13.3. The second-order valence-corrected chi connectivity index (χ2v) is 9.73. The Balaban J connectivity index is 1.37. The number of aryl methyl sites for hydroxylation is 1. The first kappa shape index (κ1) is 25.9. The van der Waals surface area contributed by atoms with Gasteiger partial charge in [-0.2, -0.15) is 0 Å². The average Bonchev–Trinajstić information content (AvgIpc) is 2.97. The van der Waals surface area contributed by atoms with Crippen molar-refractivity contribution in [2.75, 3.05) is 14.2 Å². The van der Waals surface area contributed by atoms with E-state index in [0.29, 0.717) is 0 Å². The predicted molar refractivity (Wildman–Crippen MR) is 150 cm³/mol. The van der Waals surface area contributed by atoms with Gasteiger partial charge < -0.3 is 20.1 Å². The molecular formula is C32H36N4O2. The summed E-state index contributed by atoms with van der Waals surface area (Å²) in [5.74, 6) is 1.54. The number of aromatic nitrogens is 2. The third-order valence-electron chi connectivity index (χ3n) is 7.23. The molecule has 0 spiro atoms. The number of para-hydroxylation sites is 1. The van der Waals surface area contributed by atoms with Crippen molar-refractivity contribution in [2.45, 2.75) is 51.4 Å². The molecule has 0 radical (unpaired) electrons. The van der Waals surface area contributed by atoms with E-state index >= 15 is 0 Å². The Labute approximate surface area is 225 Å². The zero-order chi connectivity index (χ0) is 26.2. The number of fused-ring (bicyclic) bond motifs is 1. The highest BCUT2D eigenvalue weighted by Gasteiger charge is 2.21. The molecule has 4 aromatic rings. The molecule has 0 aliphatic heterocycles. The van der Waals surface area contributed by atoms with Crippen LogP contribution in [-0.4, -0.2) is 24.2 Å². The molecule has 1 aliphatic rings. The van der Waals surface area contributed by atoms with E-state index in [2.05, 4.69) is 45.9 Å². The van der Waals surface area contributed by atoms with Crippen LogP contribution in [0, 0.1) is 0 Å². The van der Waals surface area contributed by atoms with Gasteiger partial charge in [0.15, 0.2) is 11.5 Å². The summed E-state index contributed by atoms with van der Waals surface area (Å²) < 4.78 is 11.3. The minimum Gasteiger partial charge on any atom is -0.493 e. The molecule has 0 fully saturated rings. The third kappa shape index (κ3) is 6.21. The number of rotatable bonds is 11. The summed E-state index contributed by atoms with van der Waals surface area (Å²) in [5, 5.41) is 7.35. The Morgan fingerprint density at radius 3 is 2.58 bits per heavy atom. The number of benzene rings is 2. The average molecular weight is 509 g/mol. The molecule has 2 aromatic heterocycles. The smallest absolute Gasteiger partial charge is 0.164 e. The molecule has 0 amide bonds. The normalized spacial score (nSPS) is 14.6. The Kier molecular flexibility index (Phi) is 8.64. The number of hydrogen-bond acceptors (Lipinski definition) is 6. The molecular weight excluding hydrogens is 472 g/mol. The Morgan fingerprint density at radius 2 is 1.74 bits per heavy atom. The zero-order valence-electron chi connectivity index (χ0n) is 22.2. The number of methoxy groups -OCH3 is 2. The molecule has 2 heterocycles. The molecule has 2 aromatic carbocycles. The van der Waals surface area contributed by atoms with Crippen molar-refractivity contribution in [1.29, 1.82) is 0 Å². The van der Waals surface area contributed by atoms with Crippen molar-refractivity contribution >= 4 is 0 Å². The Hall–Kier alpha value is -3.74. The van der Waals surface area contributed by atoms with Gasteiger partial charge in [0.2, 0.25) is 0 Å². The highest BCUT2D eigenvalue weighted by atomic mass is 16.5. The van der Waals surface area contributed by atoms with Crippen molar-refractivity contribution in [3.63, 3.8) is 0 Å². The van der Waals surface area contributed by atoms with Crippen LogP contribution >= 0.6 is 0 Å². The maximum atomic E-state index is 5.75. The lowest BCUT2D eigenvalue weighted by atomic mass is 9.91. The maximum absolute atomic E-state index is 5.75. The minimum atomic E-state index is 0.277. The molecule has 0 bridgehead atoms. The van der Waals surface area contributed by atoms with Crippen LogP contribution in [0.25, 0.3) is 0 Å². The fraction of sp³-hybridized carbons (Fsp3) is 0.312. The van der Waals surface area contributed by atoms with Gasteiger partial charge >= 0.3 is 0 Å². The van der Waals surface area contributed by atoms with Crippen LogP contribution in [0.4, 0.5) is 0 Å². The molecule has 1 atom stereocenters. The maximum Gasteiger partial charge on any atom is 0.164 e. The fourth-order valence-corrected chi connectivity index (χ4v) is 5.30. The van der Waals surface area contributed by atoms with Gasteiger partial charge in [0.25, 0.3) is 0 Å². The van der Waals surface area contributed by atoms with Gasteiger partial charge in [-0.1, -0.05) is 42.5 Å². The van der Waals surface area contributed by atoms with Gasteiger partial charge in [-0.15, -0.1) is 0 Å². The number of nitrogens with one attached hydrogen (secondary N) is 2. The van der Waals surface area contributed by atoms with Gasteiger partial charge in [0.1, 0.15) is 0 Å². The SMILES string of the molecule is COc1cccc(Cc2cc(CNCc3ccccn3)ccc2CNC2CCCc3cccnc32)c1OC. The van der Waals surface area contributed by atoms with E-state index in [1.165, 1.54) is 34.4 Å². The largest absolute Gasteiger partial charge is 0.493 e. The van der Waals surface area contributed by atoms with E-state index in [9.17, 15) is 0 Å². The lowest BCUT2D eigenvalue weighted by Gasteiger charge is -2.26. The van der Waals surface area contributed by atoms with Crippen LogP contribution in [0.2, 0.25) is 0 Å². The lowest BCUT2D eigenvalue weighted by molar-refractivity contribution is 0.352. The zero-order valence-corrected chi connectivity index (χ0v) is 22.2. The van der Waals surface area contributed by atoms with E-state index in [1.807, 2.05) is 48.8 Å². The summed E-state index contributed by atoms with van der Waals surface area (Å²) in [6.45, 7) is 2.29. The highest BCUT2D eigenvalue weighted by molar-refractivity contribution is 5.49. The Morgan fingerprint density at radius 1 is 0.816 bits per heavy atom. The van der Waals surface area contributed by atoms with E-state index in [4.69, 9.17) is 14.5 Å². The molecule has 0 saturated carbocycles. The van der Waals surface area contributed by atoms with Gasteiger partial charge in [-0.05, 0) is 65.8 Å². The summed E-state index contributed by atoms with van der Waals surface area (Å²) >= 11 is 0. The molecule has 6 heteroatoms. The summed E-state index contributed by atoms with van der Waals surface area (Å²) in [7, 11) is 3.39. The highest BCUT2D eigenvalue weighted by Crippen LogP contribution is 2.33. The third-order valence-corrected chi connectivity index (χ3v) is 7.23. The van der Waals surface area contributed by atoms with Crippen LogP contribution in [0.3, 0.4) is 0 Å². The van der Waals surface area contributed by atoms with Crippen LogP contribution in [0.1, 0.15) is 58.1 Å². The molecule has 6 nitrogen and oxygen atoms in total. The van der Waals surface area contributed by atoms with Crippen LogP contribution in [0.5, 0.6) is 11.5 Å². The minimum absolute atomic E-state index is 0.277.